The molecule has 1 aliphatic rings. The number of anilines is 2. The van der Waals surface area contributed by atoms with Gasteiger partial charge in [-0.15, -0.1) is 0 Å². The third-order valence-electron chi connectivity index (χ3n) is 7.79. The van der Waals surface area contributed by atoms with Gasteiger partial charge < -0.3 is 29.2 Å². The predicted molar refractivity (Wildman–Crippen MR) is 164 cm³/mol. The van der Waals surface area contributed by atoms with E-state index in [9.17, 15) is 14.9 Å². The van der Waals surface area contributed by atoms with Crippen molar-refractivity contribution in [3.05, 3.63) is 80.8 Å². The SMILES string of the molecule is COc1cc(OC)cc(-c2cc3cnc(Nc4c(C)cccc4[N+](=O)[O-])cc3n(CCCN3CCN(C)CC3)c2=O)c1. The lowest BCUT2D eigenvalue weighted by molar-refractivity contribution is -0.384. The number of hydrogen-bond donors (Lipinski definition) is 1. The van der Waals surface area contributed by atoms with Crippen molar-refractivity contribution in [2.45, 2.75) is 19.9 Å². The highest BCUT2D eigenvalue weighted by Crippen LogP contribution is 2.33. The van der Waals surface area contributed by atoms with Crippen LogP contribution in [-0.2, 0) is 6.54 Å². The number of methoxy groups -OCH3 is 2. The predicted octanol–water partition coefficient (Wildman–Crippen LogP) is 4.68. The fraction of sp³-hybridized carbons (Fsp3) is 0.355. The van der Waals surface area contributed by atoms with Crippen LogP contribution in [0.5, 0.6) is 11.5 Å². The van der Waals surface area contributed by atoms with E-state index >= 15 is 0 Å². The molecule has 0 saturated carbocycles. The van der Waals surface area contributed by atoms with Crippen molar-refractivity contribution in [1.82, 2.24) is 19.4 Å². The first-order valence-corrected chi connectivity index (χ1v) is 14.0. The molecule has 220 valence electrons. The zero-order valence-corrected chi connectivity index (χ0v) is 24.4. The zero-order chi connectivity index (χ0) is 29.8. The Balaban J connectivity index is 1.57. The normalized spacial score (nSPS) is 14.2. The minimum Gasteiger partial charge on any atom is -0.497 e. The van der Waals surface area contributed by atoms with Gasteiger partial charge in [0, 0.05) is 68.1 Å². The van der Waals surface area contributed by atoms with Gasteiger partial charge in [-0.3, -0.25) is 14.9 Å². The van der Waals surface area contributed by atoms with Crippen molar-refractivity contribution in [3.8, 4) is 22.6 Å². The highest BCUT2D eigenvalue weighted by molar-refractivity contribution is 5.86. The fourth-order valence-electron chi connectivity index (χ4n) is 5.35. The Morgan fingerprint density at radius 3 is 2.38 bits per heavy atom. The quantitative estimate of drug-likeness (QED) is 0.214. The summed E-state index contributed by atoms with van der Waals surface area (Å²) < 4.78 is 12.7. The van der Waals surface area contributed by atoms with Crippen molar-refractivity contribution in [2.75, 3.05) is 59.3 Å². The Bertz CT molecular complexity index is 1640. The molecule has 0 spiro atoms. The Morgan fingerprint density at radius 2 is 1.71 bits per heavy atom. The van der Waals surface area contributed by atoms with E-state index in [0.717, 1.165) is 50.1 Å². The zero-order valence-electron chi connectivity index (χ0n) is 24.4. The molecule has 1 aliphatic heterocycles. The molecule has 11 nitrogen and oxygen atoms in total. The molecule has 0 radical (unpaired) electrons. The van der Waals surface area contributed by atoms with Crippen molar-refractivity contribution in [1.29, 1.82) is 0 Å². The third-order valence-corrected chi connectivity index (χ3v) is 7.79. The Hall–Kier alpha value is -4.48. The number of pyridine rings is 2. The molecule has 11 heteroatoms. The molecule has 1 saturated heterocycles. The van der Waals surface area contributed by atoms with Crippen molar-refractivity contribution in [3.63, 3.8) is 0 Å². The lowest BCUT2D eigenvalue weighted by atomic mass is 10.0. The number of rotatable bonds is 10. The lowest BCUT2D eigenvalue weighted by Gasteiger charge is -2.32. The molecular formula is C31H36N6O5. The number of nitro groups is 1. The lowest BCUT2D eigenvalue weighted by Crippen LogP contribution is -2.44. The van der Waals surface area contributed by atoms with E-state index in [2.05, 4.69) is 27.1 Å². The van der Waals surface area contributed by atoms with Gasteiger partial charge in [-0.25, -0.2) is 4.98 Å². The van der Waals surface area contributed by atoms with Crippen LogP contribution < -0.4 is 20.3 Å². The number of nitrogens with zero attached hydrogens (tertiary/aromatic N) is 5. The smallest absolute Gasteiger partial charge is 0.292 e. The van der Waals surface area contributed by atoms with Gasteiger partial charge in [0.25, 0.3) is 11.2 Å². The second-order valence-electron chi connectivity index (χ2n) is 10.6. The summed E-state index contributed by atoms with van der Waals surface area (Å²) in [7, 11) is 5.28. The van der Waals surface area contributed by atoms with Gasteiger partial charge >= 0.3 is 0 Å². The number of fused-ring (bicyclic) bond motifs is 1. The van der Waals surface area contributed by atoms with Crippen LogP contribution in [0, 0.1) is 17.0 Å². The molecule has 1 fully saturated rings. The Labute approximate surface area is 244 Å². The number of nitrogens with one attached hydrogen (secondary N) is 1. The van der Waals surface area contributed by atoms with E-state index in [1.807, 2.05) is 18.2 Å². The first kappa shape index (κ1) is 29.0. The van der Waals surface area contributed by atoms with Gasteiger partial charge in [0.05, 0.1) is 24.7 Å². The number of para-hydroxylation sites is 1. The minimum absolute atomic E-state index is 0.0382. The molecule has 4 aromatic rings. The van der Waals surface area contributed by atoms with Crippen LogP contribution in [0.25, 0.3) is 22.0 Å². The van der Waals surface area contributed by atoms with Gasteiger partial charge in [-0.05, 0) is 56.3 Å². The minimum atomic E-state index is -0.417. The molecule has 0 bridgehead atoms. The molecule has 0 aliphatic carbocycles. The van der Waals surface area contributed by atoms with E-state index in [-0.39, 0.29) is 11.2 Å². The summed E-state index contributed by atoms with van der Waals surface area (Å²) in [6, 6.07) is 13.9. The van der Waals surface area contributed by atoms with Gasteiger partial charge in [-0.2, -0.15) is 0 Å². The van der Waals surface area contributed by atoms with Crippen molar-refractivity contribution >= 4 is 28.1 Å². The van der Waals surface area contributed by atoms with Crippen LogP contribution >= 0.6 is 0 Å². The number of ether oxygens (including phenoxy) is 2. The summed E-state index contributed by atoms with van der Waals surface area (Å²) in [5.41, 5.74) is 2.81. The summed E-state index contributed by atoms with van der Waals surface area (Å²) in [6.07, 6.45) is 2.48. The summed E-state index contributed by atoms with van der Waals surface area (Å²) in [5.74, 6) is 1.59. The molecule has 2 aromatic heterocycles. The first-order chi connectivity index (χ1) is 20.3. The summed E-state index contributed by atoms with van der Waals surface area (Å²) in [6.45, 7) is 7.25. The van der Waals surface area contributed by atoms with Gasteiger partial charge in [-0.1, -0.05) is 12.1 Å². The standard InChI is InChI=1S/C31H36N6O5/c1-21-7-5-8-27(37(39)40)30(21)33-29-19-28-23(20-32-29)17-26(22-15-24(41-3)18-25(16-22)42-4)31(38)36(28)10-6-9-35-13-11-34(2)12-14-35/h5,7-8,15-20H,6,9-14H2,1-4H3,(H,32,33). The number of aromatic nitrogens is 2. The molecule has 0 atom stereocenters. The average molecular weight is 573 g/mol. The van der Waals surface area contributed by atoms with Crippen LogP contribution in [0.2, 0.25) is 0 Å². The average Bonchev–Trinajstić information content (AvgIpc) is 2.99. The maximum Gasteiger partial charge on any atom is 0.292 e. The fourth-order valence-corrected chi connectivity index (χ4v) is 5.35. The van der Waals surface area contributed by atoms with Crippen LogP contribution in [0.1, 0.15) is 12.0 Å². The van der Waals surface area contributed by atoms with Crippen molar-refractivity contribution < 1.29 is 14.4 Å². The van der Waals surface area contributed by atoms with Gasteiger partial charge in [0.1, 0.15) is 23.0 Å². The number of hydrogen-bond acceptors (Lipinski definition) is 9. The second-order valence-corrected chi connectivity index (χ2v) is 10.6. The molecule has 1 N–H and O–H groups in total. The van der Waals surface area contributed by atoms with E-state index in [4.69, 9.17) is 9.47 Å². The molecule has 0 unspecified atom stereocenters. The number of aryl methyl sites for hydroxylation is 2. The number of likely N-dealkylation sites (N-methyl/N-ethyl adjacent to an activating group) is 1. The Morgan fingerprint density at radius 1 is 1.00 bits per heavy atom. The summed E-state index contributed by atoms with van der Waals surface area (Å²) >= 11 is 0. The highest BCUT2D eigenvalue weighted by atomic mass is 16.6. The number of piperazine rings is 1. The Kier molecular flexibility index (Phi) is 8.69. The van der Waals surface area contributed by atoms with Crippen LogP contribution in [0.3, 0.4) is 0 Å². The maximum atomic E-state index is 14.1. The molecule has 42 heavy (non-hydrogen) atoms. The van der Waals surface area contributed by atoms with E-state index in [1.165, 1.54) is 6.07 Å². The second kappa shape index (κ2) is 12.6. The van der Waals surface area contributed by atoms with Crippen LogP contribution in [-0.4, -0.2) is 78.3 Å². The van der Waals surface area contributed by atoms with Gasteiger partial charge in [0.15, 0.2) is 0 Å². The number of nitro benzene ring substituents is 1. The number of benzene rings is 2. The van der Waals surface area contributed by atoms with E-state index in [1.54, 1.807) is 56.2 Å². The topological polar surface area (TPSA) is 115 Å². The molecule has 0 amide bonds. The van der Waals surface area contributed by atoms with E-state index < -0.39 is 4.92 Å². The summed E-state index contributed by atoms with van der Waals surface area (Å²) in [4.78, 5) is 34.7. The molecule has 2 aromatic carbocycles. The monoisotopic (exact) mass is 572 g/mol. The molecule has 3 heterocycles. The van der Waals surface area contributed by atoms with E-state index in [0.29, 0.717) is 46.2 Å². The first-order valence-electron chi connectivity index (χ1n) is 14.0. The van der Waals surface area contributed by atoms with Gasteiger partial charge in [0.2, 0.25) is 0 Å². The largest absolute Gasteiger partial charge is 0.497 e. The molecular weight excluding hydrogens is 536 g/mol. The maximum absolute atomic E-state index is 14.1. The van der Waals surface area contributed by atoms with Crippen LogP contribution in [0.15, 0.2) is 59.5 Å². The third kappa shape index (κ3) is 6.22. The summed E-state index contributed by atoms with van der Waals surface area (Å²) in [5, 5.41) is 15.6. The van der Waals surface area contributed by atoms with Crippen LogP contribution in [0.4, 0.5) is 17.2 Å². The van der Waals surface area contributed by atoms with Crippen molar-refractivity contribution in [2.24, 2.45) is 0 Å². The molecule has 5 rings (SSSR count). The highest BCUT2D eigenvalue weighted by Gasteiger charge is 2.19.